The van der Waals surface area contributed by atoms with Gasteiger partial charge in [0.2, 0.25) is 6.41 Å². The quantitative estimate of drug-likeness (QED) is 0.377. The van der Waals surface area contributed by atoms with Crippen molar-refractivity contribution < 1.29 is 9.18 Å². The highest BCUT2D eigenvalue weighted by atomic mass is 35.5. The smallest absolute Gasteiger partial charge is 0.207 e. The fourth-order valence-corrected chi connectivity index (χ4v) is 4.92. The minimum absolute atomic E-state index is 0.278. The summed E-state index contributed by atoms with van der Waals surface area (Å²) in [6.45, 7) is 8.64. The summed E-state index contributed by atoms with van der Waals surface area (Å²) < 4.78 is 13.4. The summed E-state index contributed by atoms with van der Waals surface area (Å²) in [7, 11) is 0. The average Bonchev–Trinajstić information content (AvgIpc) is 3.49. The van der Waals surface area contributed by atoms with Gasteiger partial charge in [-0.2, -0.15) is 0 Å². The van der Waals surface area contributed by atoms with Gasteiger partial charge in [0, 0.05) is 37.4 Å². The highest BCUT2D eigenvalue weighted by molar-refractivity contribution is 6.33. The van der Waals surface area contributed by atoms with E-state index in [1.165, 1.54) is 50.9 Å². The molecule has 2 N–H and O–H groups in total. The second-order valence-electron chi connectivity index (χ2n) is 9.23. The number of anilines is 1. The van der Waals surface area contributed by atoms with Gasteiger partial charge in [0.25, 0.3) is 0 Å². The first-order valence-electron chi connectivity index (χ1n) is 12.1. The van der Waals surface area contributed by atoms with Gasteiger partial charge in [-0.15, -0.1) is 0 Å². The zero-order valence-electron chi connectivity index (χ0n) is 19.7. The molecule has 1 amide bonds. The fourth-order valence-electron chi connectivity index (χ4n) is 4.71. The van der Waals surface area contributed by atoms with Gasteiger partial charge in [0.05, 0.1) is 16.1 Å². The zero-order chi connectivity index (χ0) is 23.9. The van der Waals surface area contributed by atoms with Crippen molar-refractivity contribution in [2.75, 3.05) is 44.2 Å². The number of piperidine rings is 1. The van der Waals surface area contributed by atoms with E-state index in [-0.39, 0.29) is 5.82 Å². The number of H-pyrrole nitrogens is 1. The molecule has 0 aliphatic carbocycles. The number of amides is 1. The molecule has 5 rings (SSSR count). The SMILES string of the molecule is CC1CCCN(c2ccc(Cl)c(-c3nc4ccc(F)cc4[nH]3)c2)C1.O=CNCCN1CCCC1. The third kappa shape index (κ3) is 6.27. The van der Waals surface area contributed by atoms with Gasteiger partial charge in [-0.3, -0.25) is 4.79 Å². The zero-order valence-corrected chi connectivity index (χ0v) is 20.5. The summed E-state index contributed by atoms with van der Waals surface area (Å²) in [6.07, 6.45) is 5.90. The minimum Gasteiger partial charge on any atom is -0.371 e. The number of likely N-dealkylation sites (tertiary alicyclic amines) is 1. The van der Waals surface area contributed by atoms with E-state index in [4.69, 9.17) is 11.6 Å². The molecular weight excluding hydrogens is 453 g/mol. The van der Waals surface area contributed by atoms with Crippen molar-refractivity contribution in [3.63, 3.8) is 0 Å². The number of benzene rings is 2. The first-order valence-corrected chi connectivity index (χ1v) is 12.5. The van der Waals surface area contributed by atoms with Crippen LogP contribution in [-0.2, 0) is 4.79 Å². The van der Waals surface area contributed by atoms with Gasteiger partial charge in [0.1, 0.15) is 11.6 Å². The van der Waals surface area contributed by atoms with Gasteiger partial charge >= 0.3 is 0 Å². The van der Waals surface area contributed by atoms with Crippen molar-refractivity contribution in [1.82, 2.24) is 20.2 Å². The van der Waals surface area contributed by atoms with Gasteiger partial charge in [-0.25, -0.2) is 9.37 Å². The molecule has 1 unspecified atom stereocenters. The fraction of sp³-hybridized carbons (Fsp3) is 0.462. The number of hydrogen-bond donors (Lipinski definition) is 2. The van der Waals surface area contributed by atoms with Crippen LogP contribution in [0.5, 0.6) is 0 Å². The van der Waals surface area contributed by atoms with Crippen LogP contribution in [0.25, 0.3) is 22.4 Å². The summed E-state index contributed by atoms with van der Waals surface area (Å²) in [5, 5.41) is 3.29. The second-order valence-corrected chi connectivity index (χ2v) is 9.63. The van der Waals surface area contributed by atoms with Crippen LogP contribution < -0.4 is 10.2 Å². The molecule has 0 saturated carbocycles. The van der Waals surface area contributed by atoms with Crippen molar-refractivity contribution in [3.05, 3.63) is 47.2 Å². The number of carbonyl (C=O) groups is 1. The molecule has 2 saturated heterocycles. The molecule has 3 heterocycles. The van der Waals surface area contributed by atoms with Crippen LogP contribution in [0.2, 0.25) is 5.02 Å². The van der Waals surface area contributed by atoms with E-state index in [2.05, 4.69) is 44.1 Å². The molecule has 34 heavy (non-hydrogen) atoms. The third-order valence-electron chi connectivity index (χ3n) is 6.53. The molecule has 2 fully saturated rings. The van der Waals surface area contributed by atoms with Gasteiger partial charge in [-0.1, -0.05) is 18.5 Å². The normalized spacial score (nSPS) is 18.6. The lowest BCUT2D eigenvalue weighted by molar-refractivity contribution is -0.109. The van der Waals surface area contributed by atoms with E-state index in [0.29, 0.717) is 22.3 Å². The first kappa shape index (κ1) is 24.5. The molecule has 0 radical (unpaired) electrons. The minimum atomic E-state index is -0.278. The Hall–Kier alpha value is -2.64. The van der Waals surface area contributed by atoms with Crippen molar-refractivity contribution in [2.45, 2.75) is 32.6 Å². The number of nitrogens with one attached hydrogen (secondary N) is 2. The molecule has 6 nitrogen and oxygen atoms in total. The number of halogens is 2. The molecular formula is C26H33ClFN5O. The van der Waals surface area contributed by atoms with Crippen molar-refractivity contribution in [1.29, 1.82) is 0 Å². The highest BCUT2D eigenvalue weighted by Crippen LogP contribution is 2.33. The second kappa shape index (κ2) is 11.7. The molecule has 8 heteroatoms. The Morgan fingerprint density at radius 3 is 2.76 bits per heavy atom. The number of aromatic amines is 1. The monoisotopic (exact) mass is 485 g/mol. The molecule has 1 atom stereocenters. The Morgan fingerprint density at radius 1 is 1.18 bits per heavy atom. The van der Waals surface area contributed by atoms with E-state index >= 15 is 0 Å². The van der Waals surface area contributed by atoms with E-state index in [9.17, 15) is 9.18 Å². The molecule has 3 aromatic rings. The summed E-state index contributed by atoms with van der Waals surface area (Å²) in [4.78, 5) is 22.4. The maximum absolute atomic E-state index is 13.4. The van der Waals surface area contributed by atoms with E-state index in [1.807, 2.05) is 6.07 Å². The number of imidazole rings is 1. The van der Waals surface area contributed by atoms with Crippen LogP contribution >= 0.6 is 11.6 Å². The number of rotatable bonds is 6. The Morgan fingerprint density at radius 2 is 2.00 bits per heavy atom. The maximum atomic E-state index is 13.4. The Labute approximate surface area is 205 Å². The molecule has 0 spiro atoms. The highest BCUT2D eigenvalue weighted by Gasteiger charge is 2.18. The predicted octanol–water partition coefficient (Wildman–Crippen LogP) is 5.09. The van der Waals surface area contributed by atoms with Gasteiger partial charge in [-0.05, 0) is 81.1 Å². The van der Waals surface area contributed by atoms with Crippen molar-refractivity contribution in [2.24, 2.45) is 5.92 Å². The lowest BCUT2D eigenvalue weighted by Crippen LogP contribution is -2.34. The number of carbonyl (C=O) groups excluding carboxylic acids is 1. The van der Waals surface area contributed by atoms with Crippen molar-refractivity contribution >= 4 is 34.7 Å². The lowest BCUT2D eigenvalue weighted by Gasteiger charge is -2.33. The lowest BCUT2D eigenvalue weighted by atomic mass is 9.99. The Balaban J connectivity index is 0.000000231. The van der Waals surface area contributed by atoms with Gasteiger partial charge in [0.15, 0.2) is 0 Å². The maximum Gasteiger partial charge on any atom is 0.207 e. The van der Waals surface area contributed by atoms with E-state index in [1.54, 1.807) is 6.07 Å². The molecule has 2 aliphatic rings. The standard InChI is InChI=1S/C19H19ClFN3.C7H14N2O/c1-12-3-2-8-24(11-12)14-5-6-16(20)15(10-14)19-22-17-7-4-13(21)9-18(17)23-19;10-7-8-3-6-9-4-1-2-5-9/h4-7,9-10,12H,2-3,8,11H2,1H3,(H,22,23);7H,1-6H2,(H,8,10). The molecule has 1 aromatic heterocycles. The Kier molecular flexibility index (Phi) is 8.40. The predicted molar refractivity (Wildman–Crippen MR) is 137 cm³/mol. The summed E-state index contributed by atoms with van der Waals surface area (Å²) in [5.41, 5.74) is 3.43. The average molecular weight is 486 g/mol. The van der Waals surface area contributed by atoms with Crippen LogP contribution in [0.15, 0.2) is 36.4 Å². The third-order valence-corrected chi connectivity index (χ3v) is 6.86. The summed E-state index contributed by atoms with van der Waals surface area (Å²) in [6, 6.07) is 10.6. The topological polar surface area (TPSA) is 64.3 Å². The number of hydrogen-bond acceptors (Lipinski definition) is 4. The molecule has 2 aromatic carbocycles. The summed E-state index contributed by atoms with van der Waals surface area (Å²) in [5.74, 6) is 1.10. The van der Waals surface area contributed by atoms with Crippen LogP contribution in [-0.4, -0.2) is 60.5 Å². The first-order chi connectivity index (χ1) is 16.5. The Bertz CT molecular complexity index is 1100. The molecule has 182 valence electrons. The number of aromatic nitrogens is 2. The molecule has 0 bridgehead atoms. The van der Waals surface area contributed by atoms with Crippen molar-refractivity contribution in [3.8, 4) is 11.4 Å². The van der Waals surface area contributed by atoms with Crippen LogP contribution in [0.1, 0.15) is 32.6 Å². The largest absolute Gasteiger partial charge is 0.371 e. The van der Waals surface area contributed by atoms with Crippen LogP contribution in [0.4, 0.5) is 10.1 Å². The van der Waals surface area contributed by atoms with E-state index in [0.717, 1.165) is 49.4 Å². The van der Waals surface area contributed by atoms with Gasteiger partial charge < -0.3 is 20.1 Å². The van der Waals surface area contributed by atoms with E-state index < -0.39 is 0 Å². The van der Waals surface area contributed by atoms with Crippen LogP contribution in [0.3, 0.4) is 0 Å². The number of nitrogens with zero attached hydrogens (tertiary/aromatic N) is 3. The van der Waals surface area contributed by atoms with Crippen LogP contribution in [0, 0.1) is 11.7 Å². The summed E-state index contributed by atoms with van der Waals surface area (Å²) >= 11 is 6.40. The molecule has 2 aliphatic heterocycles. The number of fused-ring (bicyclic) bond motifs is 1.